The Morgan fingerprint density at radius 3 is 2.94 bits per heavy atom. The first-order valence-electron chi connectivity index (χ1n) is 6.29. The quantitative estimate of drug-likeness (QED) is 0.849. The van der Waals surface area contributed by atoms with Crippen LogP contribution in [-0.4, -0.2) is 24.3 Å². The number of hydrogen-bond acceptors (Lipinski definition) is 3. The summed E-state index contributed by atoms with van der Waals surface area (Å²) in [7, 11) is 0. The van der Waals surface area contributed by atoms with E-state index < -0.39 is 0 Å². The van der Waals surface area contributed by atoms with Crippen LogP contribution >= 0.6 is 11.3 Å². The van der Waals surface area contributed by atoms with Gasteiger partial charge in [-0.15, -0.1) is 11.3 Å². The van der Waals surface area contributed by atoms with Crippen LogP contribution in [0.15, 0.2) is 11.4 Å². The van der Waals surface area contributed by atoms with E-state index in [0.717, 1.165) is 12.8 Å². The maximum absolute atomic E-state index is 8.91. The first-order valence-corrected chi connectivity index (χ1v) is 7.17. The molecule has 0 spiro atoms. The molecule has 1 unspecified atom stereocenters. The molecule has 0 aliphatic carbocycles. The second kappa shape index (κ2) is 7.82. The van der Waals surface area contributed by atoms with Crippen LogP contribution in [0.1, 0.15) is 37.1 Å². The van der Waals surface area contributed by atoms with Crippen LogP contribution in [0.25, 0.3) is 0 Å². The molecule has 0 aromatic carbocycles. The molecule has 0 bridgehead atoms. The van der Waals surface area contributed by atoms with E-state index in [1.54, 1.807) is 0 Å². The zero-order chi connectivity index (χ0) is 11.8. The fraction of sp³-hybridized carbons (Fsp3) is 0.692. The second-order valence-electron chi connectivity index (χ2n) is 3.84. The Morgan fingerprint density at radius 2 is 2.31 bits per heavy atom. The van der Waals surface area contributed by atoms with Gasteiger partial charge in [0.1, 0.15) is 0 Å². The zero-order valence-corrected chi connectivity index (χ0v) is 11.1. The van der Waals surface area contributed by atoms with Crippen molar-refractivity contribution >= 4 is 11.3 Å². The Bertz CT molecular complexity index is 279. The highest BCUT2D eigenvalue weighted by Gasteiger charge is 2.16. The van der Waals surface area contributed by atoms with E-state index in [1.807, 2.05) is 25.2 Å². The van der Waals surface area contributed by atoms with Gasteiger partial charge in [0, 0.05) is 17.5 Å². The highest BCUT2D eigenvalue weighted by atomic mass is 32.1. The van der Waals surface area contributed by atoms with E-state index in [1.165, 1.54) is 29.8 Å². The van der Waals surface area contributed by atoms with Crippen molar-refractivity contribution in [2.24, 2.45) is 0 Å². The summed E-state index contributed by atoms with van der Waals surface area (Å²) in [6.45, 7) is 5.44. The minimum atomic E-state index is 0.266. The molecular weight excluding hydrogens is 218 g/mol. The van der Waals surface area contributed by atoms with Gasteiger partial charge in [-0.1, -0.05) is 13.8 Å². The number of rotatable bonds is 4. The molecule has 1 aromatic heterocycles. The summed E-state index contributed by atoms with van der Waals surface area (Å²) in [6.07, 6.45) is 4.57. The smallest absolute Gasteiger partial charge is 0.0471 e. The third-order valence-electron chi connectivity index (χ3n) is 2.81. The predicted molar refractivity (Wildman–Crippen MR) is 71.2 cm³/mol. The molecule has 1 atom stereocenters. The van der Waals surface area contributed by atoms with Crippen molar-refractivity contribution in [2.45, 2.75) is 45.6 Å². The van der Waals surface area contributed by atoms with E-state index in [-0.39, 0.29) is 6.61 Å². The highest BCUT2D eigenvalue weighted by Crippen LogP contribution is 2.21. The van der Waals surface area contributed by atoms with Crippen molar-refractivity contribution in [3.8, 4) is 0 Å². The average molecular weight is 241 g/mol. The van der Waals surface area contributed by atoms with Crippen LogP contribution in [0.4, 0.5) is 0 Å². The third-order valence-corrected chi connectivity index (χ3v) is 3.80. The van der Waals surface area contributed by atoms with Crippen LogP contribution in [-0.2, 0) is 12.8 Å². The van der Waals surface area contributed by atoms with E-state index in [0.29, 0.717) is 6.04 Å². The topological polar surface area (TPSA) is 32.3 Å². The molecule has 0 radical (unpaired) electrons. The van der Waals surface area contributed by atoms with Gasteiger partial charge in [-0.2, -0.15) is 0 Å². The third kappa shape index (κ3) is 3.89. The minimum absolute atomic E-state index is 0.266. The van der Waals surface area contributed by atoms with Crippen LogP contribution in [0.2, 0.25) is 0 Å². The lowest BCUT2D eigenvalue weighted by molar-refractivity contribution is 0.299. The standard InChI is InChI=1S/C11H17NOS.C2H6/c13-6-3-9-4-7-14-11(9)8-10-2-1-5-12-10;1-2/h4,7,10,12-13H,1-3,5-6,8H2;1-2H3. The Morgan fingerprint density at radius 1 is 1.50 bits per heavy atom. The summed E-state index contributed by atoms with van der Waals surface area (Å²) < 4.78 is 0. The van der Waals surface area contributed by atoms with E-state index in [2.05, 4.69) is 16.8 Å². The molecule has 1 aromatic rings. The van der Waals surface area contributed by atoms with Crippen molar-refractivity contribution in [1.29, 1.82) is 0 Å². The summed E-state index contributed by atoms with van der Waals surface area (Å²) in [6, 6.07) is 2.82. The number of aliphatic hydroxyl groups excluding tert-OH is 1. The molecule has 2 nitrogen and oxygen atoms in total. The van der Waals surface area contributed by atoms with E-state index in [9.17, 15) is 0 Å². The number of hydrogen-bond donors (Lipinski definition) is 2. The molecule has 2 N–H and O–H groups in total. The largest absolute Gasteiger partial charge is 0.396 e. The van der Waals surface area contributed by atoms with Crippen LogP contribution in [0, 0.1) is 0 Å². The van der Waals surface area contributed by atoms with Gasteiger partial charge < -0.3 is 10.4 Å². The Kier molecular flexibility index (Phi) is 6.69. The Hall–Kier alpha value is -0.380. The summed E-state index contributed by atoms with van der Waals surface area (Å²) in [4.78, 5) is 1.46. The van der Waals surface area contributed by atoms with E-state index >= 15 is 0 Å². The van der Waals surface area contributed by atoms with Gasteiger partial charge in [-0.25, -0.2) is 0 Å². The number of nitrogens with one attached hydrogen (secondary N) is 1. The fourth-order valence-electron chi connectivity index (χ4n) is 2.04. The van der Waals surface area contributed by atoms with Crippen molar-refractivity contribution in [1.82, 2.24) is 5.32 Å². The number of aliphatic hydroxyl groups is 1. The second-order valence-corrected chi connectivity index (χ2v) is 4.84. The lowest BCUT2D eigenvalue weighted by atomic mass is 10.1. The van der Waals surface area contributed by atoms with Gasteiger partial charge in [0.2, 0.25) is 0 Å². The predicted octanol–water partition coefficient (Wildman–Crippen LogP) is 2.60. The van der Waals surface area contributed by atoms with Gasteiger partial charge >= 0.3 is 0 Å². The SMILES string of the molecule is CC.OCCc1ccsc1CC1CCCN1. The Balaban J connectivity index is 0.000000606. The zero-order valence-electron chi connectivity index (χ0n) is 10.3. The summed E-state index contributed by atoms with van der Waals surface area (Å²) in [5.41, 5.74) is 1.34. The maximum Gasteiger partial charge on any atom is 0.0471 e. The molecule has 0 amide bonds. The highest BCUT2D eigenvalue weighted by molar-refractivity contribution is 7.10. The van der Waals surface area contributed by atoms with Gasteiger partial charge in [0.15, 0.2) is 0 Å². The first-order chi connectivity index (χ1) is 7.90. The molecule has 3 heteroatoms. The monoisotopic (exact) mass is 241 g/mol. The molecule has 1 aliphatic rings. The van der Waals surface area contributed by atoms with Crippen LogP contribution in [0.5, 0.6) is 0 Å². The molecule has 92 valence electrons. The van der Waals surface area contributed by atoms with Crippen molar-refractivity contribution in [3.05, 3.63) is 21.9 Å². The molecule has 16 heavy (non-hydrogen) atoms. The van der Waals surface area contributed by atoms with Gasteiger partial charge in [0.25, 0.3) is 0 Å². The average Bonchev–Trinajstić information content (AvgIpc) is 2.95. The molecule has 1 fully saturated rings. The molecule has 2 rings (SSSR count). The lowest BCUT2D eigenvalue weighted by Gasteiger charge is -2.09. The van der Waals surface area contributed by atoms with Crippen molar-refractivity contribution in [2.75, 3.05) is 13.2 Å². The molecule has 1 saturated heterocycles. The van der Waals surface area contributed by atoms with Crippen LogP contribution < -0.4 is 5.32 Å². The normalized spacial score (nSPS) is 19.3. The fourth-order valence-corrected chi connectivity index (χ4v) is 3.06. The van der Waals surface area contributed by atoms with E-state index in [4.69, 9.17) is 5.11 Å². The summed E-state index contributed by atoms with van der Waals surface area (Å²) >= 11 is 1.83. The van der Waals surface area contributed by atoms with Gasteiger partial charge in [-0.05, 0) is 49.2 Å². The van der Waals surface area contributed by atoms with Gasteiger partial charge in [0.05, 0.1) is 0 Å². The summed E-state index contributed by atoms with van der Waals surface area (Å²) in [5.74, 6) is 0. The maximum atomic E-state index is 8.91. The van der Waals surface area contributed by atoms with Gasteiger partial charge in [-0.3, -0.25) is 0 Å². The van der Waals surface area contributed by atoms with Crippen molar-refractivity contribution in [3.63, 3.8) is 0 Å². The summed E-state index contributed by atoms with van der Waals surface area (Å²) in [5, 5.41) is 14.6. The van der Waals surface area contributed by atoms with Crippen LogP contribution in [0.3, 0.4) is 0 Å². The molecular formula is C13H23NOS. The minimum Gasteiger partial charge on any atom is -0.396 e. The van der Waals surface area contributed by atoms with Crippen molar-refractivity contribution < 1.29 is 5.11 Å². The Labute approximate surface area is 103 Å². The molecule has 2 heterocycles. The number of thiophene rings is 1. The first kappa shape index (κ1) is 13.7. The molecule has 1 aliphatic heterocycles. The molecule has 0 saturated carbocycles. The lowest BCUT2D eigenvalue weighted by Crippen LogP contribution is -2.23.